The van der Waals surface area contributed by atoms with Crippen molar-refractivity contribution in [3.05, 3.63) is 55.6 Å². The van der Waals surface area contributed by atoms with E-state index in [9.17, 15) is 4.79 Å². The molecule has 0 unspecified atom stereocenters. The zero-order valence-corrected chi connectivity index (χ0v) is 17.7. The van der Waals surface area contributed by atoms with Crippen molar-refractivity contribution in [2.75, 3.05) is 12.4 Å². The monoisotopic (exact) mass is 518 g/mol. The highest BCUT2D eigenvalue weighted by atomic mass is 127. The number of methoxy groups -OCH3 is 1. The number of aryl methyl sites for hydroxylation is 1. The number of benzene rings is 2. The first-order valence-corrected chi connectivity index (χ1v) is 9.47. The first kappa shape index (κ1) is 19.1. The van der Waals surface area contributed by atoms with Crippen LogP contribution in [0.2, 0.25) is 0 Å². The van der Waals surface area contributed by atoms with Gasteiger partial charge in [-0.2, -0.15) is 0 Å². The normalized spacial score (nSPS) is 10.2. The van der Waals surface area contributed by atoms with Gasteiger partial charge in [-0.15, -0.1) is 0 Å². The van der Waals surface area contributed by atoms with E-state index < -0.39 is 0 Å². The van der Waals surface area contributed by atoms with Crippen LogP contribution >= 0.6 is 50.7 Å². The number of carbonyl (C=O) groups excluding carboxylic acids is 1. The summed E-state index contributed by atoms with van der Waals surface area (Å²) < 4.78 is 7.03. The predicted molar refractivity (Wildman–Crippen MR) is 113 cm³/mol. The lowest BCUT2D eigenvalue weighted by Crippen LogP contribution is -2.34. The number of hydrogen-bond donors (Lipinski definition) is 2. The molecule has 0 heterocycles. The number of anilines is 1. The molecule has 4 nitrogen and oxygen atoms in total. The van der Waals surface area contributed by atoms with Crippen LogP contribution in [0.1, 0.15) is 22.8 Å². The van der Waals surface area contributed by atoms with Gasteiger partial charge in [0, 0.05) is 14.8 Å². The van der Waals surface area contributed by atoms with Gasteiger partial charge in [0.2, 0.25) is 0 Å². The molecule has 1 amide bonds. The van der Waals surface area contributed by atoms with Crippen LogP contribution in [-0.2, 0) is 6.42 Å². The molecule has 0 radical (unpaired) electrons. The molecule has 24 heavy (non-hydrogen) atoms. The second-order valence-electron chi connectivity index (χ2n) is 4.91. The molecule has 0 aliphatic heterocycles. The lowest BCUT2D eigenvalue weighted by Gasteiger charge is -2.13. The number of rotatable bonds is 4. The van der Waals surface area contributed by atoms with Gasteiger partial charge in [-0.25, -0.2) is 0 Å². The number of ether oxygens (including phenoxy) is 1. The van der Waals surface area contributed by atoms with Crippen molar-refractivity contribution < 1.29 is 9.53 Å². The molecule has 0 atom stereocenters. The van der Waals surface area contributed by atoms with E-state index in [2.05, 4.69) is 62.1 Å². The van der Waals surface area contributed by atoms with E-state index in [-0.39, 0.29) is 11.0 Å². The average Bonchev–Trinajstić information content (AvgIpc) is 2.56. The summed E-state index contributed by atoms with van der Waals surface area (Å²) in [5.41, 5.74) is 2.54. The topological polar surface area (TPSA) is 50.4 Å². The molecule has 2 aromatic carbocycles. The van der Waals surface area contributed by atoms with Crippen molar-refractivity contribution in [1.29, 1.82) is 0 Å². The summed E-state index contributed by atoms with van der Waals surface area (Å²) >= 11 is 10.9. The largest absolute Gasteiger partial charge is 0.496 e. The second-order valence-corrected chi connectivity index (χ2v) is 7.42. The molecule has 0 saturated heterocycles. The summed E-state index contributed by atoms with van der Waals surface area (Å²) in [7, 11) is 1.57. The Morgan fingerprint density at radius 3 is 2.67 bits per heavy atom. The summed E-state index contributed by atoms with van der Waals surface area (Å²) in [6.07, 6.45) is 0.876. The second kappa shape index (κ2) is 8.77. The van der Waals surface area contributed by atoms with Crippen LogP contribution in [0.15, 0.2) is 40.9 Å². The maximum Gasteiger partial charge on any atom is 0.257 e. The Labute approximate surface area is 168 Å². The fraction of sp³-hybridized carbons (Fsp3) is 0.176. The quantitative estimate of drug-likeness (QED) is 0.453. The molecule has 0 saturated carbocycles. The Hall–Kier alpha value is -1.19. The SMILES string of the molecule is CCc1cc(I)ccc1NC(=S)NC(=O)c1ccc(OC)c(Br)c1. The third-order valence-corrected chi connectivity index (χ3v) is 4.83. The summed E-state index contributed by atoms with van der Waals surface area (Å²) in [6, 6.07) is 11.1. The predicted octanol–water partition coefficient (Wildman–Crippen LogP) is 4.75. The zero-order valence-electron chi connectivity index (χ0n) is 13.2. The fourth-order valence-electron chi connectivity index (χ4n) is 2.11. The van der Waals surface area contributed by atoms with Gasteiger partial charge in [-0.1, -0.05) is 6.92 Å². The van der Waals surface area contributed by atoms with Crippen molar-refractivity contribution in [3.8, 4) is 5.75 Å². The first-order chi connectivity index (χ1) is 11.4. The van der Waals surface area contributed by atoms with E-state index in [1.54, 1.807) is 25.3 Å². The summed E-state index contributed by atoms with van der Waals surface area (Å²) in [5.74, 6) is 0.387. The van der Waals surface area contributed by atoms with Gasteiger partial charge >= 0.3 is 0 Å². The lowest BCUT2D eigenvalue weighted by molar-refractivity contribution is 0.0977. The smallest absolute Gasteiger partial charge is 0.257 e. The minimum atomic E-state index is -0.278. The first-order valence-electron chi connectivity index (χ1n) is 7.19. The van der Waals surface area contributed by atoms with Crippen LogP contribution in [0.5, 0.6) is 5.75 Å². The van der Waals surface area contributed by atoms with Crippen LogP contribution in [0.25, 0.3) is 0 Å². The lowest BCUT2D eigenvalue weighted by atomic mass is 10.1. The molecular weight excluding hydrogens is 503 g/mol. The molecular formula is C17H16BrIN2O2S. The van der Waals surface area contributed by atoms with Crippen molar-refractivity contribution in [1.82, 2.24) is 5.32 Å². The Kier molecular flexibility index (Phi) is 7.00. The molecule has 0 fully saturated rings. The maximum absolute atomic E-state index is 12.3. The van der Waals surface area contributed by atoms with Crippen LogP contribution in [0.3, 0.4) is 0 Å². The van der Waals surface area contributed by atoms with Gasteiger partial charge in [-0.3, -0.25) is 10.1 Å². The van der Waals surface area contributed by atoms with Crippen LogP contribution < -0.4 is 15.4 Å². The molecule has 0 spiro atoms. The summed E-state index contributed by atoms with van der Waals surface area (Å²) in [6.45, 7) is 2.08. The summed E-state index contributed by atoms with van der Waals surface area (Å²) in [4.78, 5) is 12.3. The zero-order chi connectivity index (χ0) is 17.7. The van der Waals surface area contributed by atoms with E-state index in [4.69, 9.17) is 17.0 Å². The number of thiocarbonyl (C=S) groups is 1. The molecule has 0 aliphatic rings. The third kappa shape index (κ3) is 4.90. The third-order valence-electron chi connectivity index (χ3n) is 3.34. The Morgan fingerprint density at radius 2 is 2.04 bits per heavy atom. The molecule has 7 heteroatoms. The highest BCUT2D eigenvalue weighted by molar-refractivity contribution is 14.1. The fourth-order valence-corrected chi connectivity index (χ4v) is 3.41. The van der Waals surface area contributed by atoms with Crippen molar-refractivity contribution >= 4 is 67.4 Å². The van der Waals surface area contributed by atoms with Gasteiger partial charge in [0.15, 0.2) is 5.11 Å². The van der Waals surface area contributed by atoms with Crippen LogP contribution in [0.4, 0.5) is 5.69 Å². The summed E-state index contributed by atoms with van der Waals surface area (Å²) in [5, 5.41) is 6.05. The van der Waals surface area contributed by atoms with Gasteiger partial charge < -0.3 is 10.1 Å². The number of hydrogen-bond acceptors (Lipinski definition) is 3. The van der Waals surface area contributed by atoms with Crippen molar-refractivity contribution in [2.24, 2.45) is 0 Å². The van der Waals surface area contributed by atoms with E-state index in [1.165, 1.54) is 0 Å². The number of amides is 1. The highest BCUT2D eigenvalue weighted by Gasteiger charge is 2.11. The van der Waals surface area contributed by atoms with E-state index in [1.807, 2.05) is 12.1 Å². The average molecular weight is 519 g/mol. The molecule has 2 rings (SSSR count). The van der Waals surface area contributed by atoms with Crippen LogP contribution in [0, 0.1) is 3.57 Å². The van der Waals surface area contributed by atoms with E-state index >= 15 is 0 Å². The van der Waals surface area contributed by atoms with Gasteiger partial charge in [0.05, 0.1) is 11.6 Å². The van der Waals surface area contributed by atoms with E-state index in [0.717, 1.165) is 21.2 Å². The number of carbonyl (C=O) groups is 1. The maximum atomic E-state index is 12.3. The number of nitrogens with one attached hydrogen (secondary N) is 2. The Bertz CT molecular complexity index is 783. The highest BCUT2D eigenvalue weighted by Crippen LogP contribution is 2.25. The van der Waals surface area contributed by atoms with Gasteiger partial charge in [-0.05, 0) is 99.1 Å². The Balaban J connectivity index is 2.07. The minimum Gasteiger partial charge on any atom is -0.496 e. The van der Waals surface area contributed by atoms with Gasteiger partial charge in [0.25, 0.3) is 5.91 Å². The van der Waals surface area contributed by atoms with Crippen molar-refractivity contribution in [3.63, 3.8) is 0 Å². The van der Waals surface area contributed by atoms with Crippen LogP contribution in [-0.4, -0.2) is 18.1 Å². The molecule has 0 aromatic heterocycles. The molecule has 0 bridgehead atoms. The number of halogens is 2. The van der Waals surface area contributed by atoms with Gasteiger partial charge in [0.1, 0.15) is 5.75 Å². The molecule has 2 aromatic rings. The molecule has 126 valence electrons. The Morgan fingerprint density at radius 1 is 1.29 bits per heavy atom. The minimum absolute atomic E-state index is 0.267. The van der Waals surface area contributed by atoms with E-state index in [0.29, 0.717) is 15.8 Å². The van der Waals surface area contributed by atoms with Crippen molar-refractivity contribution in [2.45, 2.75) is 13.3 Å². The molecule has 0 aliphatic carbocycles. The molecule has 2 N–H and O–H groups in total. The standard InChI is InChI=1S/C17H16BrIN2O2S/c1-3-10-8-12(19)5-6-14(10)20-17(24)21-16(22)11-4-7-15(23-2)13(18)9-11/h4-9H,3H2,1-2H3,(H2,20,21,22,24).